The Labute approximate surface area is 172 Å². The van der Waals surface area contributed by atoms with Crippen molar-refractivity contribution >= 4 is 41.3 Å². The summed E-state index contributed by atoms with van der Waals surface area (Å²) in [4.78, 5) is 6.17. The maximum absolute atomic E-state index is 4.78. The minimum atomic E-state index is 0. The van der Waals surface area contributed by atoms with E-state index in [-0.39, 0.29) is 24.0 Å². The molecule has 0 radical (unpaired) electrons. The number of nitrogens with one attached hydrogen (secondary N) is 2. The average molecular weight is 475 g/mol. The lowest BCUT2D eigenvalue weighted by Gasteiger charge is -2.11. The molecule has 5 nitrogen and oxygen atoms in total. The highest BCUT2D eigenvalue weighted by Gasteiger charge is 2.13. The zero-order chi connectivity index (χ0) is 17.4. The fourth-order valence-electron chi connectivity index (χ4n) is 2.83. The molecule has 0 saturated heterocycles. The maximum atomic E-state index is 4.78. The first kappa shape index (κ1) is 22.0. The summed E-state index contributed by atoms with van der Waals surface area (Å²) in [6.45, 7) is 8.84. The zero-order valence-corrected chi connectivity index (χ0v) is 18.8. The van der Waals surface area contributed by atoms with Crippen molar-refractivity contribution in [1.29, 1.82) is 0 Å². The van der Waals surface area contributed by atoms with Crippen LogP contribution >= 0.6 is 35.3 Å². The quantitative estimate of drug-likeness (QED) is 0.349. The molecule has 2 rings (SSSR count). The van der Waals surface area contributed by atoms with Crippen molar-refractivity contribution in [2.45, 2.75) is 46.6 Å². The van der Waals surface area contributed by atoms with Crippen molar-refractivity contribution < 1.29 is 0 Å². The maximum Gasteiger partial charge on any atom is 0.191 e. The highest BCUT2D eigenvalue weighted by atomic mass is 127. The summed E-state index contributed by atoms with van der Waals surface area (Å²) >= 11 is 1.80. The van der Waals surface area contributed by atoms with Gasteiger partial charge in [-0.15, -0.1) is 35.3 Å². The molecule has 0 bridgehead atoms. The van der Waals surface area contributed by atoms with Gasteiger partial charge in [0, 0.05) is 36.3 Å². The van der Waals surface area contributed by atoms with Gasteiger partial charge in [-0.3, -0.25) is 4.68 Å². The van der Waals surface area contributed by atoms with Crippen molar-refractivity contribution in [2.24, 2.45) is 12.0 Å². The summed E-state index contributed by atoms with van der Waals surface area (Å²) in [5.41, 5.74) is 3.72. The van der Waals surface area contributed by atoms with E-state index in [1.54, 1.807) is 11.3 Å². The fraction of sp³-hybridized carbons (Fsp3) is 0.556. The molecule has 2 heterocycles. The number of halogens is 1. The fourth-order valence-corrected chi connectivity index (χ4v) is 3.54. The molecule has 0 unspecified atom stereocenters. The number of nitrogens with zero attached hydrogens (tertiary/aromatic N) is 3. The van der Waals surface area contributed by atoms with E-state index in [9.17, 15) is 0 Å². The molecule has 2 aromatic rings. The van der Waals surface area contributed by atoms with Crippen molar-refractivity contribution in [2.75, 3.05) is 13.1 Å². The van der Waals surface area contributed by atoms with Crippen LogP contribution < -0.4 is 10.6 Å². The van der Waals surface area contributed by atoms with Gasteiger partial charge in [0.25, 0.3) is 0 Å². The number of guanidine groups is 1. The third-order valence-corrected chi connectivity index (χ3v) is 4.95. The van der Waals surface area contributed by atoms with E-state index in [2.05, 4.69) is 54.0 Å². The molecular formula is C18H30IN5S. The van der Waals surface area contributed by atoms with E-state index >= 15 is 0 Å². The molecule has 140 valence electrons. The van der Waals surface area contributed by atoms with Gasteiger partial charge in [0.2, 0.25) is 0 Å². The Morgan fingerprint density at radius 1 is 1.24 bits per heavy atom. The number of thiophene rings is 1. The first-order valence-corrected chi connectivity index (χ1v) is 9.65. The molecule has 0 saturated carbocycles. The molecule has 2 N–H and O–H groups in total. The van der Waals surface area contributed by atoms with Gasteiger partial charge >= 0.3 is 0 Å². The molecule has 0 aromatic carbocycles. The molecule has 0 aliphatic carbocycles. The van der Waals surface area contributed by atoms with Crippen molar-refractivity contribution in [3.63, 3.8) is 0 Å². The molecule has 0 aliphatic heterocycles. The first-order valence-electron chi connectivity index (χ1n) is 8.77. The third kappa shape index (κ3) is 6.29. The monoisotopic (exact) mass is 475 g/mol. The summed E-state index contributed by atoms with van der Waals surface area (Å²) in [7, 11) is 2.02. The smallest absolute Gasteiger partial charge is 0.191 e. The van der Waals surface area contributed by atoms with Crippen LogP contribution in [0.1, 0.15) is 42.6 Å². The Morgan fingerprint density at radius 3 is 2.64 bits per heavy atom. The van der Waals surface area contributed by atoms with Gasteiger partial charge in [0.05, 0.1) is 12.2 Å². The second-order valence-corrected chi connectivity index (χ2v) is 6.69. The van der Waals surface area contributed by atoms with Gasteiger partial charge in [-0.1, -0.05) is 19.9 Å². The lowest BCUT2D eigenvalue weighted by atomic mass is 10.1. The lowest BCUT2D eigenvalue weighted by Crippen LogP contribution is -2.38. The highest BCUT2D eigenvalue weighted by molar-refractivity contribution is 14.0. The minimum Gasteiger partial charge on any atom is -0.357 e. The van der Waals surface area contributed by atoms with Crippen molar-refractivity contribution in [1.82, 2.24) is 20.4 Å². The summed E-state index contributed by atoms with van der Waals surface area (Å²) in [6.07, 6.45) is 2.95. The van der Waals surface area contributed by atoms with Gasteiger partial charge in [-0.05, 0) is 37.6 Å². The lowest BCUT2D eigenvalue weighted by molar-refractivity contribution is 0.703. The van der Waals surface area contributed by atoms with Crippen LogP contribution in [-0.2, 0) is 32.9 Å². The third-order valence-electron chi connectivity index (χ3n) is 4.01. The van der Waals surface area contributed by atoms with Crippen LogP contribution in [0.5, 0.6) is 0 Å². The Morgan fingerprint density at radius 2 is 2.04 bits per heavy atom. The number of aryl methyl sites for hydroxylation is 2. The van der Waals surface area contributed by atoms with Crippen LogP contribution in [0, 0.1) is 0 Å². The molecule has 7 heteroatoms. The van der Waals surface area contributed by atoms with Gasteiger partial charge in [-0.2, -0.15) is 5.10 Å². The molecular weight excluding hydrogens is 445 g/mol. The van der Waals surface area contributed by atoms with Gasteiger partial charge < -0.3 is 10.6 Å². The highest BCUT2D eigenvalue weighted by Crippen LogP contribution is 2.16. The van der Waals surface area contributed by atoms with Crippen LogP contribution in [0.25, 0.3) is 0 Å². The van der Waals surface area contributed by atoms with E-state index in [0.29, 0.717) is 6.54 Å². The summed E-state index contributed by atoms with van der Waals surface area (Å²) in [5, 5.41) is 13.5. The van der Waals surface area contributed by atoms with Crippen LogP contribution in [0.2, 0.25) is 0 Å². The number of aliphatic imine (C=N–C) groups is 1. The topological polar surface area (TPSA) is 54.2 Å². The summed E-state index contributed by atoms with van der Waals surface area (Å²) in [6, 6.07) is 4.27. The van der Waals surface area contributed by atoms with E-state index < -0.39 is 0 Å². The summed E-state index contributed by atoms with van der Waals surface area (Å²) < 4.78 is 2.00. The molecule has 2 aromatic heterocycles. The molecule has 0 spiro atoms. The van der Waals surface area contributed by atoms with E-state index in [4.69, 9.17) is 4.99 Å². The standard InChI is InChI=1S/C18H29N5S.HI/c1-5-16-15(17(6-2)23(4)22-16)13-21-18(19-7-3)20-11-10-14-9-8-12-24-14;/h8-9,12H,5-7,10-11,13H2,1-4H3,(H2,19,20,21);1H. The van der Waals surface area contributed by atoms with Crippen LogP contribution in [0.15, 0.2) is 22.5 Å². The second kappa shape index (κ2) is 11.5. The number of aromatic nitrogens is 2. The largest absolute Gasteiger partial charge is 0.357 e. The van der Waals surface area contributed by atoms with Crippen LogP contribution in [0.3, 0.4) is 0 Å². The second-order valence-electron chi connectivity index (χ2n) is 5.65. The molecule has 0 aliphatic rings. The average Bonchev–Trinajstić information content (AvgIpc) is 3.19. The zero-order valence-electron chi connectivity index (χ0n) is 15.6. The molecule has 0 amide bonds. The summed E-state index contributed by atoms with van der Waals surface area (Å²) in [5.74, 6) is 0.877. The Balaban J connectivity index is 0.00000312. The van der Waals surface area contributed by atoms with Gasteiger partial charge in [-0.25, -0.2) is 4.99 Å². The van der Waals surface area contributed by atoms with Gasteiger partial charge in [0.15, 0.2) is 5.96 Å². The van der Waals surface area contributed by atoms with E-state index in [0.717, 1.165) is 44.0 Å². The van der Waals surface area contributed by atoms with Crippen LogP contribution in [0.4, 0.5) is 0 Å². The van der Waals surface area contributed by atoms with Crippen LogP contribution in [-0.4, -0.2) is 28.8 Å². The predicted molar refractivity (Wildman–Crippen MR) is 118 cm³/mol. The molecule has 0 fully saturated rings. The minimum absolute atomic E-state index is 0. The number of rotatable bonds is 8. The molecule has 25 heavy (non-hydrogen) atoms. The van der Waals surface area contributed by atoms with Crippen molar-refractivity contribution in [3.05, 3.63) is 39.3 Å². The first-order chi connectivity index (χ1) is 11.7. The Hall–Kier alpha value is -1.09. The normalized spacial score (nSPS) is 11.3. The Kier molecular flexibility index (Phi) is 10.1. The predicted octanol–water partition coefficient (Wildman–Crippen LogP) is 3.52. The molecule has 0 atom stereocenters. The van der Waals surface area contributed by atoms with Gasteiger partial charge in [0.1, 0.15) is 0 Å². The Bertz CT molecular complexity index is 649. The van der Waals surface area contributed by atoms with Crippen molar-refractivity contribution in [3.8, 4) is 0 Å². The number of hydrogen-bond acceptors (Lipinski definition) is 3. The van der Waals surface area contributed by atoms with E-state index in [1.807, 2.05) is 11.7 Å². The number of hydrogen-bond donors (Lipinski definition) is 2. The van der Waals surface area contributed by atoms with E-state index in [1.165, 1.54) is 16.1 Å². The SMILES string of the molecule is CCNC(=NCc1c(CC)nn(C)c1CC)NCCc1cccs1.I.